The Morgan fingerprint density at radius 3 is 2.78 bits per heavy atom. The first kappa shape index (κ1) is 19.6. The number of hydrogen-bond donors (Lipinski definition) is 0. The molecular formula is C21H28FNO4. The highest BCUT2D eigenvalue weighted by molar-refractivity contribution is 5.87. The Labute approximate surface area is 159 Å². The molecule has 0 bridgehead atoms. The zero-order chi connectivity index (χ0) is 19.6. The van der Waals surface area contributed by atoms with Crippen molar-refractivity contribution in [2.75, 3.05) is 13.7 Å². The molecule has 2 aliphatic rings. The first-order valence-corrected chi connectivity index (χ1v) is 9.69. The number of esters is 1. The van der Waals surface area contributed by atoms with Crippen LogP contribution in [0.15, 0.2) is 18.2 Å². The molecule has 0 N–H and O–H groups in total. The average Bonchev–Trinajstić information content (AvgIpc) is 3.04. The predicted molar refractivity (Wildman–Crippen MR) is 98.5 cm³/mol. The molecule has 0 radical (unpaired) electrons. The highest BCUT2D eigenvalue weighted by Crippen LogP contribution is 2.36. The Kier molecular flexibility index (Phi) is 6.02. The van der Waals surface area contributed by atoms with Crippen molar-refractivity contribution >= 4 is 11.9 Å². The minimum atomic E-state index is -0.492. The van der Waals surface area contributed by atoms with Gasteiger partial charge in [0.15, 0.2) is 11.6 Å². The van der Waals surface area contributed by atoms with Gasteiger partial charge in [0, 0.05) is 19.0 Å². The largest absolute Gasteiger partial charge is 0.494 e. The molecule has 1 amide bonds. The number of hydrogen-bond acceptors (Lipinski definition) is 4. The fraction of sp³-hybridized carbons (Fsp3) is 0.619. The van der Waals surface area contributed by atoms with Gasteiger partial charge >= 0.3 is 5.97 Å². The molecule has 4 atom stereocenters. The van der Waals surface area contributed by atoms with E-state index in [2.05, 4.69) is 13.8 Å². The second kappa shape index (κ2) is 8.28. The number of carbonyl (C=O) groups is 2. The fourth-order valence-corrected chi connectivity index (χ4v) is 4.28. The zero-order valence-corrected chi connectivity index (χ0v) is 16.2. The Morgan fingerprint density at radius 1 is 1.30 bits per heavy atom. The van der Waals surface area contributed by atoms with Crippen LogP contribution >= 0.6 is 0 Å². The Bertz CT molecular complexity index is 707. The standard InChI is InChI=1S/C21H28FNO4/c1-13-5-4-6-18(14(13)2)23-11-16(10-20(23)24)21(25)27-12-15-7-8-19(26-3)17(22)9-15/h7-9,13-14,16,18H,4-6,10-12H2,1-3H3/t13-,14-,16-,18+/m1/s1. The van der Waals surface area contributed by atoms with Gasteiger partial charge in [-0.05, 0) is 36.0 Å². The van der Waals surface area contributed by atoms with E-state index < -0.39 is 17.7 Å². The molecule has 1 aliphatic carbocycles. The van der Waals surface area contributed by atoms with Gasteiger partial charge in [-0.15, -0.1) is 0 Å². The lowest BCUT2D eigenvalue weighted by Crippen LogP contribution is -2.45. The number of ether oxygens (including phenoxy) is 2. The van der Waals surface area contributed by atoms with Crippen LogP contribution in [0.5, 0.6) is 5.75 Å². The number of methoxy groups -OCH3 is 1. The summed E-state index contributed by atoms with van der Waals surface area (Å²) in [7, 11) is 1.40. The van der Waals surface area contributed by atoms with Gasteiger partial charge in [0.25, 0.3) is 0 Å². The Balaban J connectivity index is 1.56. The maximum atomic E-state index is 13.7. The van der Waals surface area contributed by atoms with E-state index in [1.54, 1.807) is 6.07 Å². The third kappa shape index (κ3) is 4.25. The lowest BCUT2D eigenvalue weighted by molar-refractivity contribution is -0.149. The summed E-state index contributed by atoms with van der Waals surface area (Å²) < 4.78 is 24.0. The topological polar surface area (TPSA) is 55.8 Å². The number of amides is 1. The molecule has 3 rings (SSSR count). The Hall–Kier alpha value is -2.11. The third-order valence-corrected chi connectivity index (χ3v) is 6.15. The maximum absolute atomic E-state index is 13.7. The van der Waals surface area contributed by atoms with E-state index >= 15 is 0 Å². The van der Waals surface area contributed by atoms with Crippen LogP contribution in [0.4, 0.5) is 4.39 Å². The summed E-state index contributed by atoms with van der Waals surface area (Å²) in [5.74, 6) is -0.0964. The van der Waals surface area contributed by atoms with Crippen molar-refractivity contribution in [2.45, 2.75) is 52.2 Å². The molecule has 148 valence electrons. The van der Waals surface area contributed by atoms with E-state index in [4.69, 9.17) is 9.47 Å². The van der Waals surface area contributed by atoms with Crippen molar-refractivity contribution in [1.82, 2.24) is 4.90 Å². The molecule has 0 unspecified atom stereocenters. The van der Waals surface area contributed by atoms with Crippen molar-refractivity contribution in [3.05, 3.63) is 29.6 Å². The van der Waals surface area contributed by atoms with E-state index in [-0.39, 0.29) is 30.7 Å². The van der Waals surface area contributed by atoms with Crippen LogP contribution < -0.4 is 4.74 Å². The normalized spacial score (nSPS) is 28.3. The molecule has 6 heteroatoms. The van der Waals surface area contributed by atoms with Gasteiger partial charge in [-0.25, -0.2) is 4.39 Å². The number of nitrogens with zero attached hydrogens (tertiary/aromatic N) is 1. The van der Waals surface area contributed by atoms with Gasteiger partial charge in [-0.2, -0.15) is 0 Å². The third-order valence-electron chi connectivity index (χ3n) is 6.15. The molecule has 27 heavy (non-hydrogen) atoms. The molecule has 0 aromatic heterocycles. The van der Waals surface area contributed by atoms with Gasteiger partial charge in [-0.1, -0.05) is 32.8 Å². The number of halogens is 1. The molecule has 1 saturated carbocycles. The summed E-state index contributed by atoms with van der Waals surface area (Å²) in [4.78, 5) is 26.8. The van der Waals surface area contributed by atoms with Gasteiger partial charge in [0.1, 0.15) is 6.61 Å². The summed E-state index contributed by atoms with van der Waals surface area (Å²) in [6.07, 6.45) is 3.53. The first-order chi connectivity index (χ1) is 12.9. The quantitative estimate of drug-likeness (QED) is 0.737. The molecule has 5 nitrogen and oxygen atoms in total. The van der Waals surface area contributed by atoms with Crippen molar-refractivity contribution in [1.29, 1.82) is 0 Å². The van der Waals surface area contributed by atoms with E-state index in [9.17, 15) is 14.0 Å². The molecular weight excluding hydrogens is 349 g/mol. The summed E-state index contributed by atoms with van der Waals surface area (Å²) in [6, 6.07) is 4.68. The van der Waals surface area contributed by atoms with Crippen molar-refractivity contribution < 1.29 is 23.5 Å². The molecule has 1 aromatic carbocycles. The minimum absolute atomic E-state index is 0.0126. The maximum Gasteiger partial charge on any atom is 0.311 e. The monoisotopic (exact) mass is 377 g/mol. The lowest BCUT2D eigenvalue weighted by atomic mass is 9.77. The van der Waals surface area contributed by atoms with E-state index in [1.807, 2.05) is 4.90 Å². The van der Waals surface area contributed by atoms with E-state index in [0.717, 1.165) is 12.8 Å². The van der Waals surface area contributed by atoms with Crippen LogP contribution in [-0.2, 0) is 20.9 Å². The van der Waals surface area contributed by atoms with Crippen molar-refractivity contribution in [2.24, 2.45) is 17.8 Å². The average molecular weight is 377 g/mol. The van der Waals surface area contributed by atoms with Gasteiger partial charge in [0.05, 0.1) is 13.0 Å². The zero-order valence-electron chi connectivity index (χ0n) is 16.2. The van der Waals surface area contributed by atoms with Gasteiger partial charge < -0.3 is 14.4 Å². The highest BCUT2D eigenvalue weighted by atomic mass is 19.1. The second-order valence-electron chi connectivity index (χ2n) is 7.86. The minimum Gasteiger partial charge on any atom is -0.494 e. The van der Waals surface area contributed by atoms with Crippen LogP contribution in [-0.4, -0.2) is 36.5 Å². The Morgan fingerprint density at radius 2 is 2.07 bits per heavy atom. The lowest BCUT2D eigenvalue weighted by Gasteiger charge is -2.39. The van der Waals surface area contributed by atoms with Crippen LogP contribution in [0.3, 0.4) is 0 Å². The summed E-state index contributed by atoms with van der Waals surface area (Å²) in [5, 5.41) is 0. The van der Waals surface area contributed by atoms with Crippen molar-refractivity contribution in [3.8, 4) is 5.75 Å². The number of rotatable bonds is 5. The first-order valence-electron chi connectivity index (χ1n) is 9.69. The SMILES string of the molecule is COc1ccc(COC(=O)[C@@H]2CC(=O)N([C@H]3CCC[C@@H](C)[C@H]3C)C2)cc1F. The molecule has 1 saturated heterocycles. The summed E-state index contributed by atoms with van der Waals surface area (Å²) in [6.45, 7) is 4.85. The van der Waals surface area contributed by atoms with Crippen LogP contribution in [0, 0.1) is 23.6 Å². The summed E-state index contributed by atoms with van der Waals surface area (Å²) >= 11 is 0. The van der Waals surface area contributed by atoms with Gasteiger partial charge in [0.2, 0.25) is 5.91 Å². The molecule has 2 fully saturated rings. The molecule has 1 aromatic rings. The number of carbonyl (C=O) groups excluding carboxylic acids is 2. The van der Waals surface area contributed by atoms with Crippen molar-refractivity contribution in [3.63, 3.8) is 0 Å². The number of benzene rings is 1. The second-order valence-corrected chi connectivity index (χ2v) is 7.86. The summed E-state index contributed by atoms with van der Waals surface area (Å²) in [5.41, 5.74) is 0.553. The molecule has 1 heterocycles. The highest BCUT2D eigenvalue weighted by Gasteiger charge is 2.42. The smallest absolute Gasteiger partial charge is 0.311 e. The van der Waals surface area contributed by atoms with Crippen LogP contribution in [0.1, 0.15) is 45.1 Å². The molecule has 0 spiro atoms. The van der Waals surface area contributed by atoms with Gasteiger partial charge in [-0.3, -0.25) is 9.59 Å². The predicted octanol–water partition coefficient (Wildman–Crippen LogP) is 3.55. The van der Waals surface area contributed by atoms with E-state index in [0.29, 0.717) is 23.9 Å². The van der Waals surface area contributed by atoms with E-state index in [1.165, 1.54) is 25.7 Å². The van der Waals surface area contributed by atoms with Crippen LogP contribution in [0.2, 0.25) is 0 Å². The fourth-order valence-electron chi connectivity index (χ4n) is 4.28. The molecule has 1 aliphatic heterocycles. The van der Waals surface area contributed by atoms with Crippen LogP contribution in [0.25, 0.3) is 0 Å². The number of likely N-dealkylation sites (tertiary alicyclic amines) is 1.